The molecule has 2 aromatic carbocycles. The highest BCUT2D eigenvalue weighted by molar-refractivity contribution is 7.99. The van der Waals surface area contributed by atoms with Crippen LogP contribution in [-0.2, 0) is 26.8 Å². The summed E-state index contributed by atoms with van der Waals surface area (Å²) in [6.45, 7) is 9.28. The summed E-state index contributed by atoms with van der Waals surface area (Å²) in [7, 11) is -3.81. The molecule has 32 heavy (non-hydrogen) atoms. The Balaban J connectivity index is 1.76. The average Bonchev–Trinajstić information content (AvgIpc) is 3.06. The fourth-order valence-electron chi connectivity index (χ4n) is 3.29. The molecule has 0 unspecified atom stereocenters. The van der Waals surface area contributed by atoms with Gasteiger partial charge in [-0.25, -0.2) is 18.5 Å². The predicted molar refractivity (Wildman–Crippen MR) is 131 cm³/mol. The molecule has 0 aliphatic heterocycles. The smallest absolute Gasteiger partial charge is 0.238 e. The van der Waals surface area contributed by atoms with E-state index in [4.69, 9.17) is 5.14 Å². The minimum atomic E-state index is -3.81. The number of nitrogens with one attached hydrogen (secondary N) is 1. The van der Waals surface area contributed by atoms with Gasteiger partial charge in [0.2, 0.25) is 15.9 Å². The SMILES string of the molecule is CCCCn1c(SCC(=O)Nc2ccc(C(C)(C)C)cc2)nc2cc(S(N)(=O)=O)ccc21. The van der Waals surface area contributed by atoms with E-state index in [2.05, 4.69) is 38.0 Å². The number of nitrogens with zero attached hydrogens (tertiary/aromatic N) is 2. The first-order valence-corrected chi connectivity index (χ1v) is 13.1. The number of rotatable bonds is 8. The van der Waals surface area contributed by atoms with E-state index in [0.717, 1.165) is 30.6 Å². The zero-order valence-electron chi connectivity index (χ0n) is 18.9. The molecule has 1 amide bonds. The van der Waals surface area contributed by atoms with Gasteiger partial charge in [0.25, 0.3) is 0 Å². The van der Waals surface area contributed by atoms with Crippen LogP contribution in [0.1, 0.15) is 46.1 Å². The van der Waals surface area contributed by atoms with E-state index < -0.39 is 10.0 Å². The monoisotopic (exact) mass is 474 g/mol. The van der Waals surface area contributed by atoms with Gasteiger partial charge < -0.3 is 9.88 Å². The number of nitrogens with two attached hydrogens (primary N) is 1. The molecule has 1 aromatic heterocycles. The summed E-state index contributed by atoms with van der Waals surface area (Å²) in [6.07, 6.45) is 1.95. The van der Waals surface area contributed by atoms with Gasteiger partial charge in [-0.05, 0) is 47.7 Å². The minimum Gasteiger partial charge on any atom is -0.325 e. The summed E-state index contributed by atoms with van der Waals surface area (Å²) < 4.78 is 25.4. The molecular formula is C23H30N4O3S2. The van der Waals surface area contributed by atoms with Gasteiger partial charge in [-0.3, -0.25) is 4.79 Å². The standard InChI is InChI=1S/C23H30N4O3S2/c1-5-6-13-27-20-12-11-18(32(24,29)30)14-19(20)26-22(27)31-15-21(28)25-17-9-7-16(8-10-17)23(2,3)4/h7-12,14H,5-6,13,15H2,1-4H3,(H,25,28)(H2,24,29,30). The fraction of sp³-hybridized carbons (Fsp3) is 0.391. The number of hydrogen-bond acceptors (Lipinski definition) is 5. The van der Waals surface area contributed by atoms with Crippen molar-refractivity contribution in [3.05, 3.63) is 48.0 Å². The second-order valence-corrected chi connectivity index (χ2v) is 11.3. The lowest BCUT2D eigenvalue weighted by molar-refractivity contribution is -0.113. The van der Waals surface area contributed by atoms with Gasteiger partial charge in [0.15, 0.2) is 5.16 Å². The van der Waals surface area contributed by atoms with Gasteiger partial charge in [0, 0.05) is 12.2 Å². The second kappa shape index (κ2) is 9.64. The maximum Gasteiger partial charge on any atom is 0.238 e. The molecule has 0 saturated heterocycles. The molecule has 7 nitrogen and oxygen atoms in total. The van der Waals surface area contributed by atoms with Crippen LogP contribution in [-0.4, -0.2) is 29.6 Å². The largest absolute Gasteiger partial charge is 0.325 e. The van der Waals surface area contributed by atoms with Crippen LogP contribution in [0.4, 0.5) is 5.69 Å². The van der Waals surface area contributed by atoms with Crippen molar-refractivity contribution in [1.29, 1.82) is 0 Å². The molecule has 0 saturated carbocycles. The first-order chi connectivity index (χ1) is 15.0. The number of anilines is 1. The highest BCUT2D eigenvalue weighted by Gasteiger charge is 2.17. The summed E-state index contributed by atoms with van der Waals surface area (Å²) in [5.74, 6) is 0.0660. The number of aryl methyl sites for hydroxylation is 1. The number of imidazole rings is 1. The number of fused-ring (bicyclic) bond motifs is 1. The summed E-state index contributed by atoms with van der Waals surface area (Å²) in [5, 5.41) is 8.86. The molecule has 0 fully saturated rings. The van der Waals surface area contributed by atoms with Crippen LogP contribution in [0.3, 0.4) is 0 Å². The van der Waals surface area contributed by atoms with E-state index in [1.165, 1.54) is 29.5 Å². The molecule has 172 valence electrons. The van der Waals surface area contributed by atoms with E-state index in [9.17, 15) is 13.2 Å². The maximum absolute atomic E-state index is 12.5. The highest BCUT2D eigenvalue weighted by Crippen LogP contribution is 2.27. The van der Waals surface area contributed by atoms with E-state index in [1.807, 2.05) is 28.8 Å². The molecular weight excluding hydrogens is 444 g/mol. The predicted octanol–water partition coefficient (Wildman–Crippen LogP) is 4.51. The Morgan fingerprint density at radius 2 is 1.84 bits per heavy atom. The molecule has 0 spiro atoms. The van der Waals surface area contributed by atoms with Crippen LogP contribution in [0.25, 0.3) is 11.0 Å². The number of hydrogen-bond donors (Lipinski definition) is 2. The maximum atomic E-state index is 12.5. The number of thioether (sulfide) groups is 1. The normalized spacial score (nSPS) is 12.3. The number of aromatic nitrogens is 2. The second-order valence-electron chi connectivity index (χ2n) is 8.76. The van der Waals surface area contributed by atoms with Crippen molar-refractivity contribution in [3.63, 3.8) is 0 Å². The summed E-state index contributed by atoms with van der Waals surface area (Å²) in [4.78, 5) is 17.1. The van der Waals surface area contributed by atoms with Crippen molar-refractivity contribution >= 4 is 44.4 Å². The quantitative estimate of drug-likeness (QED) is 0.467. The number of sulfonamides is 1. The van der Waals surface area contributed by atoms with Crippen LogP contribution < -0.4 is 10.5 Å². The highest BCUT2D eigenvalue weighted by atomic mass is 32.2. The molecule has 3 N–H and O–H groups in total. The summed E-state index contributed by atoms with van der Waals surface area (Å²) in [5.41, 5.74) is 3.38. The molecule has 0 radical (unpaired) electrons. The number of carbonyl (C=O) groups excluding carboxylic acids is 1. The summed E-state index contributed by atoms with van der Waals surface area (Å²) in [6, 6.07) is 12.6. The Bertz CT molecular complexity index is 1210. The van der Waals surface area contributed by atoms with Crippen LogP contribution >= 0.6 is 11.8 Å². The molecule has 0 aliphatic rings. The number of amides is 1. The van der Waals surface area contributed by atoms with E-state index in [1.54, 1.807) is 6.07 Å². The van der Waals surface area contributed by atoms with Gasteiger partial charge in [-0.2, -0.15) is 0 Å². The number of unbranched alkanes of at least 4 members (excludes halogenated alkanes) is 1. The molecule has 0 bridgehead atoms. The van der Waals surface area contributed by atoms with Crippen LogP contribution in [0, 0.1) is 0 Å². The lowest BCUT2D eigenvalue weighted by atomic mass is 9.87. The molecule has 3 aromatic rings. The van der Waals surface area contributed by atoms with Crippen molar-refractivity contribution in [2.45, 2.75) is 62.5 Å². The van der Waals surface area contributed by atoms with Crippen LogP contribution in [0.5, 0.6) is 0 Å². The number of primary sulfonamides is 1. The molecule has 0 aliphatic carbocycles. The van der Waals surface area contributed by atoms with Crippen molar-refractivity contribution in [2.75, 3.05) is 11.1 Å². The zero-order chi connectivity index (χ0) is 23.5. The Kier molecular flexibility index (Phi) is 7.32. The third-order valence-corrected chi connectivity index (χ3v) is 7.00. The van der Waals surface area contributed by atoms with Crippen molar-refractivity contribution in [1.82, 2.24) is 9.55 Å². The third kappa shape index (κ3) is 5.90. The van der Waals surface area contributed by atoms with E-state index in [-0.39, 0.29) is 22.0 Å². The first kappa shape index (κ1) is 24.3. The van der Waals surface area contributed by atoms with Gasteiger partial charge in [0.1, 0.15) is 0 Å². The van der Waals surface area contributed by atoms with Crippen molar-refractivity contribution in [3.8, 4) is 0 Å². The number of benzene rings is 2. The molecule has 3 rings (SSSR count). The van der Waals surface area contributed by atoms with Crippen LogP contribution in [0.2, 0.25) is 0 Å². The van der Waals surface area contributed by atoms with E-state index >= 15 is 0 Å². The fourth-order valence-corrected chi connectivity index (χ4v) is 4.66. The van der Waals surface area contributed by atoms with Crippen molar-refractivity contribution < 1.29 is 13.2 Å². The topological polar surface area (TPSA) is 107 Å². The van der Waals surface area contributed by atoms with E-state index in [0.29, 0.717) is 10.7 Å². The van der Waals surface area contributed by atoms with Gasteiger partial charge in [-0.1, -0.05) is 58.0 Å². The van der Waals surface area contributed by atoms with Crippen LogP contribution in [0.15, 0.2) is 52.5 Å². The molecule has 9 heteroatoms. The average molecular weight is 475 g/mol. The molecule has 0 atom stereocenters. The Hall–Kier alpha value is -2.36. The minimum absolute atomic E-state index is 0.0261. The Morgan fingerprint density at radius 3 is 2.44 bits per heavy atom. The van der Waals surface area contributed by atoms with Gasteiger partial charge in [0.05, 0.1) is 21.7 Å². The Morgan fingerprint density at radius 1 is 1.16 bits per heavy atom. The number of carbonyl (C=O) groups is 1. The third-order valence-electron chi connectivity index (χ3n) is 5.12. The first-order valence-electron chi connectivity index (χ1n) is 10.6. The van der Waals surface area contributed by atoms with Gasteiger partial charge in [-0.15, -0.1) is 0 Å². The van der Waals surface area contributed by atoms with Gasteiger partial charge >= 0.3 is 0 Å². The molecule has 1 heterocycles. The lowest BCUT2D eigenvalue weighted by Crippen LogP contribution is -2.15. The Labute approximate surface area is 193 Å². The van der Waals surface area contributed by atoms with Crippen molar-refractivity contribution in [2.24, 2.45) is 5.14 Å². The summed E-state index contributed by atoms with van der Waals surface area (Å²) >= 11 is 1.33. The zero-order valence-corrected chi connectivity index (χ0v) is 20.5. The lowest BCUT2D eigenvalue weighted by Gasteiger charge is -2.19.